The van der Waals surface area contributed by atoms with Gasteiger partial charge in [0, 0.05) is 24.0 Å². The van der Waals surface area contributed by atoms with Crippen LogP contribution in [0.4, 0.5) is 0 Å². The van der Waals surface area contributed by atoms with E-state index in [0.29, 0.717) is 37.4 Å². The smallest absolute Gasteiger partial charge is 0.254 e. The van der Waals surface area contributed by atoms with Gasteiger partial charge >= 0.3 is 0 Å². The molecule has 0 bridgehead atoms. The highest BCUT2D eigenvalue weighted by Crippen LogP contribution is 2.19. The molecule has 1 aliphatic heterocycles. The molecule has 1 fully saturated rings. The fourth-order valence-corrected chi connectivity index (χ4v) is 3.06. The van der Waals surface area contributed by atoms with Gasteiger partial charge in [-0.3, -0.25) is 4.79 Å². The van der Waals surface area contributed by atoms with E-state index in [2.05, 4.69) is 4.98 Å². The van der Waals surface area contributed by atoms with Crippen LogP contribution in [0.3, 0.4) is 0 Å². The lowest BCUT2D eigenvalue weighted by Gasteiger charge is -2.16. The van der Waals surface area contributed by atoms with Crippen LogP contribution in [-0.4, -0.2) is 40.1 Å². The lowest BCUT2D eigenvalue weighted by atomic mass is 10.2. The van der Waals surface area contributed by atoms with Gasteiger partial charge in [0.25, 0.3) is 5.91 Å². The van der Waals surface area contributed by atoms with E-state index >= 15 is 0 Å². The molecule has 0 unspecified atom stereocenters. The van der Waals surface area contributed by atoms with Gasteiger partial charge in [0.1, 0.15) is 12.4 Å². The number of carbonyl (C=O) groups excluding carboxylic acids is 1. The van der Waals surface area contributed by atoms with Gasteiger partial charge in [-0.15, -0.1) is 11.3 Å². The first kappa shape index (κ1) is 15.0. The first-order valence-corrected chi connectivity index (χ1v) is 8.11. The van der Waals surface area contributed by atoms with Crippen molar-refractivity contribution in [3.8, 4) is 5.75 Å². The molecule has 2 heterocycles. The third kappa shape index (κ3) is 3.45. The van der Waals surface area contributed by atoms with Crippen LogP contribution in [0, 0.1) is 6.92 Å². The number of benzene rings is 1. The summed E-state index contributed by atoms with van der Waals surface area (Å²) in [7, 11) is 0. The Bertz CT molecular complexity index is 671. The maximum Gasteiger partial charge on any atom is 0.254 e. The predicted octanol–water partition coefficient (Wildman–Crippen LogP) is 2.24. The van der Waals surface area contributed by atoms with Crippen molar-refractivity contribution in [2.45, 2.75) is 26.1 Å². The van der Waals surface area contributed by atoms with Gasteiger partial charge in [0.15, 0.2) is 0 Å². The Kier molecular flexibility index (Phi) is 4.40. The van der Waals surface area contributed by atoms with E-state index in [4.69, 9.17) is 4.74 Å². The Hall–Kier alpha value is -1.92. The summed E-state index contributed by atoms with van der Waals surface area (Å²) in [6, 6.07) is 7.15. The van der Waals surface area contributed by atoms with Gasteiger partial charge in [-0.2, -0.15) is 0 Å². The van der Waals surface area contributed by atoms with Gasteiger partial charge in [-0.25, -0.2) is 4.98 Å². The number of carbonyl (C=O) groups is 1. The highest BCUT2D eigenvalue weighted by Gasteiger charge is 2.25. The van der Waals surface area contributed by atoms with E-state index in [0.717, 1.165) is 10.7 Å². The Morgan fingerprint density at radius 2 is 2.41 bits per heavy atom. The van der Waals surface area contributed by atoms with Crippen LogP contribution in [0.5, 0.6) is 5.75 Å². The first-order chi connectivity index (χ1) is 10.6. The molecular formula is C16H18N2O3S. The zero-order valence-corrected chi connectivity index (χ0v) is 13.2. The topological polar surface area (TPSA) is 62.7 Å². The zero-order valence-electron chi connectivity index (χ0n) is 12.4. The molecule has 0 aliphatic carbocycles. The average molecular weight is 318 g/mol. The third-order valence-corrected chi connectivity index (χ3v) is 4.41. The molecule has 3 rings (SSSR count). The van der Waals surface area contributed by atoms with Crippen LogP contribution in [-0.2, 0) is 6.61 Å². The van der Waals surface area contributed by atoms with E-state index in [-0.39, 0.29) is 5.91 Å². The molecule has 22 heavy (non-hydrogen) atoms. The van der Waals surface area contributed by atoms with Crippen molar-refractivity contribution in [3.05, 3.63) is 45.9 Å². The fourth-order valence-electron chi connectivity index (χ4n) is 2.46. The highest BCUT2D eigenvalue weighted by molar-refractivity contribution is 7.09. The Morgan fingerprint density at radius 1 is 1.55 bits per heavy atom. The second-order valence-electron chi connectivity index (χ2n) is 5.37. The summed E-state index contributed by atoms with van der Waals surface area (Å²) in [6.45, 7) is 3.35. The van der Waals surface area contributed by atoms with Gasteiger partial charge in [0.2, 0.25) is 0 Å². The molecular weight excluding hydrogens is 300 g/mol. The Balaban J connectivity index is 1.65. The van der Waals surface area contributed by atoms with Crippen LogP contribution >= 0.6 is 11.3 Å². The predicted molar refractivity (Wildman–Crippen MR) is 84.2 cm³/mol. The molecule has 5 nitrogen and oxygen atoms in total. The highest BCUT2D eigenvalue weighted by atomic mass is 32.1. The summed E-state index contributed by atoms with van der Waals surface area (Å²) in [6.07, 6.45) is 0.238. The molecule has 1 atom stereocenters. The van der Waals surface area contributed by atoms with Crippen LogP contribution in [0.1, 0.15) is 27.5 Å². The number of aliphatic hydroxyl groups is 1. The van der Waals surface area contributed by atoms with Crippen LogP contribution in [0.15, 0.2) is 29.6 Å². The second kappa shape index (κ2) is 6.46. The quantitative estimate of drug-likeness (QED) is 0.939. The monoisotopic (exact) mass is 318 g/mol. The van der Waals surface area contributed by atoms with Crippen molar-refractivity contribution in [3.63, 3.8) is 0 Å². The average Bonchev–Trinajstić information content (AvgIpc) is 3.13. The first-order valence-electron chi connectivity index (χ1n) is 7.23. The summed E-state index contributed by atoms with van der Waals surface area (Å²) in [4.78, 5) is 18.4. The number of ether oxygens (including phenoxy) is 1. The molecule has 1 aromatic heterocycles. The van der Waals surface area contributed by atoms with Crippen molar-refractivity contribution in [2.75, 3.05) is 13.1 Å². The van der Waals surface area contributed by atoms with Crippen molar-refractivity contribution >= 4 is 17.2 Å². The minimum Gasteiger partial charge on any atom is -0.487 e. The van der Waals surface area contributed by atoms with Gasteiger partial charge < -0.3 is 14.7 Å². The Labute approximate surface area is 133 Å². The maximum absolute atomic E-state index is 12.4. The molecule has 2 aromatic rings. The standard InChI is InChI=1S/C16H18N2O3S/c1-11-17-13(10-22-11)9-21-15-4-2-3-12(7-15)16(20)18-6-5-14(19)8-18/h2-4,7,10,14,19H,5-6,8-9H2,1H3/t14-/m1/s1. The summed E-state index contributed by atoms with van der Waals surface area (Å²) in [5, 5.41) is 12.5. The summed E-state index contributed by atoms with van der Waals surface area (Å²) >= 11 is 1.59. The molecule has 6 heteroatoms. The number of aliphatic hydroxyl groups excluding tert-OH is 1. The van der Waals surface area contributed by atoms with Crippen LogP contribution in [0.2, 0.25) is 0 Å². The van der Waals surface area contributed by atoms with Gasteiger partial charge in [0.05, 0.1) is 16.8 Å². The van der Waals surface area contributed by atoms with E-state index in [9.17, 15) is 9.90 Å². The molecule has 0 radical (unpaired) electrons. The molecule has 0 saturated carbocycles. The second-order valence-corrected chi connectivity index (χ2v) is 6.43. The van der Waals surface area contributed by atoms with Crippen LogP contribution in [0.25, 0.3) is 0 Å². The summed E-state index contributed by atoms with van der Waals surface area (Å²) < 4.78 is 5.70. The maximum atomic E-state index is 12.4. The molecule has 1 aromatic carbocycles. The Morgan fingerprint density at radius 3 is 3.09 bits per heavy atom. The van der Waals surface area contributed by atoms with Crippen molar-refractivity contribution in [2.24, 2.45) is 0 Å². The number of likely N-dealkylation sites (tertiary alicyclic amines) is 1. The number of aryl methyl sites for hydroxylation is 1. The lowest BCUT2D eigenvalue weighted by molar-refractivity contribution is 0.0764. The normalized spacial score (nSPS) is 17.7. The number of β-amino-alcohol motifs (C(OH)–C–C–N with tert-alkyl or cyclic N) is 1. The zero-order chi connectivity index (χ0) is 15.5. The van der Waals surface area contributed by atoms with Crippen molar-refractivity contribution < 1.29 is 14.6 Å². The molecule has 1 aliphatic rings. The van der Waals surface area contributed by atoms with Gasteiger partial charge in [-0.1, -0.05) is 6.07 Å². The number of nitrogens with zero attached hydrogens (tertiary/aromatic N) is 2. The largest absolute Gasteiger partial charge is 0.487 e. The van der Waals surface area contributed by atoms with E-state index in [1.54, 1.807) is 34.4 Å². The van der Waals surface area contributed by atoms with E-state index in [1.807, 2.05) is 18.4 Å². The van der Waals surface area contributed by atoms with E-state index < -0.39 is 6.10 Å². The minimum atomic E-state index is -0.406. The number of thiazole rings is 1. The number of amides is 1. The lowest BCUT2D eigenvalue weighted by Crippen LogP contribution is -2.29. The molecule has 1 N–H and O–H groups in total. The van der Waals surface area contributed by atoms with Crippen LogP contribution < -0.4 is 4.74 Å². The fraction of sp³-hybridized carbons (Fsp3) is 0.375. The SMILES string of the molecule is Cc1nc(COc2cccc(C(=O)N3CC[C@@H](O)C3)c2)cs1. The third-order valence-electron chi connectivity index (χ3n) is 3.58. The van der Waals surface area contributed by atoms with E-state index in [1.165, 1.54) is 0 Å². The van der Waals surface area contributed by atoms with Crippen molar-refractivity contribution in [1.82, 2.24) is 9.88 Å². The molecule has 0 spiro atoms. The summed E-state index contributed by atoms with van der Waals surface area (Å²) in [5.41, 5.74) is 1.47. The summed E-state index contributed by atoms with van der Waals surface area (Å²) in [5.74, 6) is 0.586. The minimum absolute atomic E-state index is 0.0634. The number of hydrogen-bond acceptors (Lipinski definition) is 5. The molecule has 116 valence electrons. The number of rotatable bonds is 4. The number of hydrogen-bond donors (Lipinski definition) is 1. The van der Waals surface area contributed by atoms with Gasteiger partial charge in [-0.05, 0) is 31.5 Å². The number of aromatic nitrogens is 1. The van der Waals surface area contributed by atoms with Crippen molar-refractivity contribution in [1.29, 1.82) is 0 Å². The molecule has 1 saturated heterocycles. The molecule has 1 amide bonds.